The highest BCUT2D eigenvalue weighted by atomic mass is 127. The SMILES string of the molecule is CCNC(=NCCc1ccc(C)cc1C)NC1CC2CCC1O2.I. The second-order valence-corrected chi connectivity index (χ2v) is 6.80. The van der Waals surface area contributed by atoms with Crippen molar-refractivity contribution in [1.29, 1.82) is 0 Å². The van der Waals surface area contributed by atoms with Crippen molar-refractivity contribution in [3.8, 4) is 0 Å². The highest BCUT2D eigenvalue weighted by Gasteiger charge is 2.41. The van der Waals surface area contributed by atoms with Crippen LogP contribution in [0.25, 0.3) is 0 Å². The molecule has 1 aromatic carbocycles. The van der Waals surface area contributed by atoms with E-state index in [0.717, 1.165) is 31.9 Å². The number of aryl methyl sites for hydroxylation is 2. The molecule has 4 nitrogen and oxygen atoms in total. The van der Waals surface area contributed by atoms with Crippen LogP contribution in [0.4, 0.5) is 0 Å². The summed E-state index contributed by atoms with van der Waals surface area (Å²) in [5, 5.41) is 6.93. The number of nitrogens with zero attached hydrogens (tertiary/aromatic N) is 1. The van der Waals surface area contributed by atoms with Crippen molar-refractivity contribution in [2.75, 3.05) is 13.1 Å². The zero-order valence-electron chi connectivity index (χ0n) is 15.0. The fourth-order valence-electron chi connectivity index (χ4n) is 3.70. The van der Waals surface area contributed by atoms with Crippen molar-refractivity contribution in [1.82, 2.24) is 10.6 Å². The van der Waals surface area contributed by atoms with Gasteiger partial charge in [-0.2, -0.15) is 0 Å². The Morgan fingerprint density at radius 2 is 2.12 bits per heavy atom. The molecule has 0 amide bonds. The zero-order chi connectivity index (χ0) is 16.2. The highest BCUT2D eigenvalue weighted by molar-refractivity contribution is 14.0. The molecule has 2 aliphatic rings. The first kappa shape index (κ1) is 19.5. The Bertz CT molecular complexity index is 576. The Kier molecular flexibility index (Phi) is 7.34. The van der Waals surface area contributed by atoms with Crippen molar-refractivity contribution < 1.29 is 4.74 Å². The molecule has 0 aromatic heterocycles. The summed E-state index contributed by atoms with van der Waals surface area (Å²) < 4.78 is 5.92. The number of hydrogen-bond donors (Lipinski definition) is 2. The molecule has 0 aliphatic carbocycles. The third-order valence-corrected chi connectivity index (χ3v) is 4.92. The summed E-state index contributed by atoms with van der Waals surface area (Å²) in [7, 11) is 0. The van der Waals surface area contributed by atoms with E-state index < -0.39 is 0 Å². The van der Waals surface area contributed by atoms with Gasteiger partial charge in [-0.15, -0.1) is 24.0 Å². The second-order valence-electron chi connectivity index (χ2n) is 6.80. The number of nitrogens with one attached hydrogen (secondary N) is 2. The van der Waals surface area contributed by atoms with E-state index in [1.807, 2.05) is 0 Å². The smallest absolute Gasteiger partial charge is 0.191 e. The third kappa shape index (κ3) is 4.85. The summed E-state index contributed by atoms with van der Waals surface area (Å²) >= 11 is 0. The first-order valence-electron chi connectivity index (χ1n) is 8.92. The molecule has 1 aromatic rings. The van der Waals surface area contributed by atoms with Crippen LogP contribution in [-0.2, 0) is 11.2 Å². The first-order chi connectivity index (χ1) is 11.2. The van der Waals surface area contributed by atoms with Gasteiger partial charge in [0.25, 0.3) is 0 Å². The summed E-state index contributed by atoms with van der Waals surface area (Å²) in [6.07, 6.45) is 5.36. The van der Waals surface area contributed by atoms with E-state index in [-0.39, 0.29) is 24.0 Å². The highest BCUT2D eigenvalue weighted by Crippen LogP contribution is 2.34. The average molecular weight is 443 g/mol. The number of benzene rings is 1. The van der Waals surface area contributed by atoms with Crippen LogP contribution in [0.3, 0.4) is 0 Å². The van der Waals surface area contributed by atoms with Gasteiger partial charge < -0.3 is 15.4 Å². The van der Waals surface area contributed by atoms with Crippen LogP contribution in [0.1, 0.15) is 42.9 Å². The van der Waals surface area contributed by atoms with Crippen LogP contribution in [0.2, 0.25) is 0 Å². The number of rotatable bonds is 5. The molecule has 0 spiro atoms. The second kappa shape index (κ2) is 9.04. The minimum atomic E-state index is 0. The number of hydrogen-bond acceptors (Lipinski definition) is 2. The minimum Gasteiger partial charge on any atom is -0.373 e. The Morgan fingerprint density at radius 3 is 2.75 bits per heavy atom. The Morgan fingerprint density at radius 1 is 1.29 bits per heavy atom. The molecule has 0 saturated carbocycles. The van der Waals surface area contributed by atoms with E-state index >= 15 is 0 Å². The van der Waals surface area contributed by atoms with Crippen molar-refractivity contribution in [3.05, 3.63) is 34.9 Å². The van der Waals surface area contributed by atoms with Crippen LogP contribution < -0.4 is 10.6 Å². The summed E-state index contributed by atoms with van der Waals surface area (Å²) in [6.45, 7) is 8.12. The Hall–Kier alpha value is -0.820. The molecule has 2 fully saturated rings. The van der Waals surface area contributed by atoms with E-state index in [0.29, 0.717) is 18.2 Å². The van der Waals surface area contributed by atoms with Crippen LogP contribution >= 0.6 is 24.0 Å². The Balaban J connectivity index is 0.00000208. The maximum absolute atomic E-state index is 5.92. The van der Waals surface area contributed by atoms with Gasteiger partial charge >= 0.3 is 0 Å². The summed E-state index contributed by atoms with van der Waals surface area (Å²) in [6, 6.07) is 7.08. The Labute approximate surface area is 162 Å². The van der Waals surface area contributed by atoms with E-state index in [2.05, 4.69) is 49.6 Å². The molecule has 0 radical (unpaired) electrons. The average Bonchev–Trinajstić information content (AvgIpc) is 3.12. The normalized spacial score (nSPS) is 25.5. The zero-order valence-corrected chi connectivity index (χ0v) is 17.3. The number of guanidine groups is 1. The van der Waals surface area contributed by atoms with Crippen molar-refractivity contribution in [2.45, 2.75) is 64.7 Å². The van der Waals surface area contributed by atoms with Gasteiger partial charge in [0.2, 0.25) is 0 Å². The molecule has 2 N–H and O–H groups in total. The summed E-state index contributed by atoms with van der Waals surface area (Å²) in [5.74, 6) is 0.929. The van der Waals surface area contributed by atoms with E-state index in [1.165, 1.54) is 29.5 Å². The summed E-state index contributed by atoms with van der Waals surface area (Å²) in [5.41, 5.74) is 4.07. The molecule has 3 unspecified atom stereocenters. The molecule has 3 rings (SSSR count). The fourth-order valence-corrected chi connectivity index (χ4v) is 3.70. The lowest BCUT2D eigenvalue weighted by molar-refractivity contribution is 0.0992. The monoisotopic (exact) mass is 443 g/mol. The molecule has 2 aliphatic heterocycles. The lowest BCUT2D eigenvalue weighted by atomic mass is 9.96. The summed E-state index contributed by atoms with van der Waals surface area (Å²) in [4.78, 5) is 4.76. The van der Waals surface area contributed by atoms with Gasteiger partial charge in [0.15, 0.2) is 5.96 Å². The van der Waals surface area contributed by atoms with Crippen molar-refractivity contribution in [3.63, 3.8) is 0 Å². The molecule has 2 bridgehead atoms. The van der Waals surface area contributed by atoms with Crippen LogP contribution in [-0.4, -0.2) is 37.3 Å². The quantitative estimate of drug-likeness (QED) is 0.417. The number of fused-ring (bicyclic) bond motifs is 2. The predicted octanol–water partition coefficient (Wildman–Crippen LogP) is 3.34. The molecule has 2 saturated heterocycles. The molecule has 5 heteroatoms. The number of ether oxygens (including phenoxy) is 1. The van der Waals surface area contributed by atoms with Gasteiger partial charge in [-0.25, -0.2) is 0 Å². The van der Waals surface area contributed by atoms with Gasteiger partial charge in [0.1, 0.15) is 0 Å². The molecule has 134 valence electrons. The topological polar surface area (TPSA) is 45.7 Å². The van der Waals surface area contributed by atoms with Crippen LogP contribution in [0.15, 0.2) is 23.2 Å². The van der Waals surface area contributed by atoms with E-state index in [4.69, 9.17) is 9.73 Å². The van der Waals surface area contributed by atoms with Gasteiger partial charge in [-0.05, 0) is 57.6 Å². The van der Waals surface area contributed by atoms with Crippen LogP contribution in [0, 0.1) is 13.8 Å². The largest absolute Gasteiger partial charge is 0.373 e. The van der Waals surface area contributed by atoms with Gasteiger partial charge in [0.05, 0.1) is 18.2 Å². The van der Waals surface area contributed by atoms with Gasteiger partial charge in [-0.3, -0.25) is 4.99 Å². The maximum atomic E-state index is 5.92. The van der Waals surface area contributed by atoms with Crippen molar-refractivity contribution in [2.24, 2.45) is 4.99 Å². The number of aliphatic imine (C=N–C) groups is 1. The minimum absolute atomic E-state index is 0. The molecule has 3 atom stereocenters. The predicted molar refractivity (Wildman–Crippen MR) is 110 cm³/mol. The first-order valence-corrected chi connectivity index (χ1v) is 8.92. The molecular weight excluding hydrogens is 413 g/mol. The van der Waals surface area contributed by atoms with Crippen LogP contribution in [0.5, 0.6) is 0 Å². The third-order valence-electron chi connectivity index (χ3n) is 4.92. The molecule has 24 heavy (non-hydrogen) atoms. The lowest BCUT2D eigenvalue weighted by Crippen LogP contribution is -2.47. The van der Waals surface area contributed by atoms with E-state index in [9.17, 15) is 0 Å². The fraction of sp³-hybridized carbons (Fsp3) is 0.632. The van der Waals surface area contributed by atoms with E-state index in [1.54, 1.807) is 0 Å². The van der Waals surface area contributed by atoms with Gasteiger partial charge in [-0.1, -0.05) is 23.8 Å². The number of halogens is 1. The standard InChI is InChI=1S/C19H29N3O.HI/c1-4-20-19(22-17-12-16-7-8-18(17)23-16)21-10-9-15-6-5-13(2)11-14(15)3;/h5-6,11,16-18H,4,7-10,12H2,1-3H3,(H2,20,21,22);1H. The maximum Gasteiger partial charge on any atom is 0.191 e. The van der Waals surface area contributed by atoms with Crippen molar-refractivity contribution >= 4 is 29.9 Å². The molecular formula is C19H30IN3O. The lowest BCUT2D eigenvalue weighted by Gasteiger charge is -2.22. The van der Waals surface area contributed by atoms with Gasteiger partial charge in [0, 0.05) is 13.1 Å². The molecule has 2 heterocycles.